The molecule has 0 aliphatic heterocycles. The molecule has 1 heterocycles. The molecule has 2 aromatic carbocycles. The quantitative estimate of drug-likeness (QED) is 0.622. The number of benzene rings is 2. The van der Waals surface area contributed by atoms with Gasteiger partial charge in [-0.3, -0.25) is 4.79 Å². The zero-order valence-electron chi connectivity index (χ0n) is 15.6. The van der Waals surface area contributed by atoms with Gasteiger partial charge in [0.1, 0.15) is 0 Å². The predicted molar refractivity (Wildman–Crippen MR) is 110 cm³/mol. The fraction of sp³-hybridized carbons (Fsp3) is 0.273. The number of carbonyl (C=O) groups excluding carboxylic acids is 1. The lowest BCUT2D eigenvalue weighted by Crippen LogP contribution is -2.42. The number of nitrogens with one attached hydrogen (secondary N) is 1. The first-order valence-corrected chi connectivity index (χ1v) is 9.58. The van der Waals surface area contributed by atoms with Gasteiger partial charge in [0.15, 0.2) is 0 Å². The summed E-state index contributed by atoms with van der Waals surface area (Å²) in [7, 11) is 0. The Bertz CT molecular complexity index is 878. The van der Waals surface area contributed by atoms with Gasteiger partial charge in [0.05, 0.1) is 6.33 Å². The molecule has 0 fully saturated rings. The standard InChI is InChI=1S/C22H24ClN3O/c1-3-16(2)21(14-26-12-11-24-15-26)25-22(27)18-9-10-19(20(23)13-18)17-7-5-4-6-8-17/h4-13,15-16,21H,3,14H2,1-2H3,(H,25,27)/t16-,21+/m0/s1. The number of aromatic nitrogens is 2. The first-order chi connectivity index (χ1) is 13.1. The summed E-state index contributed by atoms with van der Waals surface area (Å²) in [6.07, 6.45) is 6.41. The lowest BCUT2D eigenvalue weighted by Gasteiger charge is -2.25. The van der Waals surface area contributed by atoms with Crippen molar-refractivity contribution in [3.8, 4) is 11.1 Å². The number of rotatable bonds is 7. The molecule has 0 spiro atoms. The van der Waals surface area contributed by atoms with E-state index in [0.29, 0.717) is 23.0 Å². The second kappa shape index (κ2) is 8.87. The van der Waals surface area contributed by atoms with E-state index in [1.807, 2.05) is 53.2 Å². The van der Waals surface area contributed by atoms with Crippen molar-refractivity contribution in [2.75, 3.05) is 0 Å². The highest BCUT2D eigenvalue weighted by molar-refractivity contribution is 6.33. The van der Waals surface area contributed by atoms with E-state index in [-0.39, 0.29) is 11.9 Å². The maximum absolute atomic E-state index is 12.8. The van der Waals surface area contributed by atoms with Crippen molar-refractivity contribution >= 4 is 17.5 Å². The number of hydrogen-bond acceptors (Lipinski definition) is 2. The van der Waals surface area contributed by atoms with Gasteiger partial charge >= 0.3 is 0 Å². The van der Waals surface area contributed by atoms with Crippen molar-refractivity contribution < 1.29 is 4.79 Å². The van der Waals surface area contributed by atoms with Crippen LogP contribution in [0.25, 0.3) is 11.1 Å². The Kier molecular flexibility index (Phi) is 6.30. The molecule has 5 heteroatoms. The molecule has 140 valence electrons. The number of carbonyl (C=O) groups is 1. The van der Waals surface area contributed by atoms with Gasteiger partial charge in [-0.2, -0.15) is 0 Å². The van der Waals surface area contributed by atoms with Gasteiger partial charge in [-0.1, -0.05) is 68.3 Å². The molecule has 0 saturated heterocycles. The third kappa shape index (κ3) is 4.77. The van der Waals surface area contributed by atoms with Gasteiger partial charge in [-0.05, 0) is 23.6 Å². The molecule has 2 atom stereocenters. The second-order valence-corrected chi connectivity index (χ2v) is 7.19. The molecule has 0 bridgehead atoms. The average molecular weight is 382 g/mol. The van der Waals surface area contributed by atoms with E-state index in [0.717, 1.165) is 17.5 Å². The SMILES string of the molecule is CC[C@H](C)[C@@H](Cn1ccnc1)NC(=O)c1ccc(-c2ccccc2)c(Cl)c1. The summed E-state index contributed by atoms with van der Waals surface area (Å²) in [6.45, 7) is 4.97. The summed E-state index contributed by atoms with van der Waals surface area (Å²) in [5.41, 5.74) is 2.52. The van der Waals surface area contributed by atoms with Gasteiger partial charge in [0.2, 0.25) is 0 Å². The number of halogens is 1. The van der Waals surface area contributed by atoms with E-state index < -0.39 is 0 Å². The molecule has 0 saturated carbocycles. The zero-order valence-corrected chi connectivity index (χ0v) is 16.4. The van der Waals surface area contributed by atoms with Crippen molar-refractivity contribution in [3.05, 3.63) is 77.8 Å². The minimum absolute atomic E-state index is 0.0178. The first-order valence-electron chi connectivity index (χ1n) is 9.20. The van der Waals surface area contributed by atoms with E-state index in [2.05, 4.69) is 24.1 Å². The average Bonchev–Trinajstić information content (AvgIpc) is 3.20. The van der Waals surface area contributed by atoms with Crippen LogP contribution in [-0.4, -0.2) is 21.5 Å². The molecule has 3 rings (SSSR count). The van der Waals surface area contributed by atoms with Crippen LogP contribution < -0.4 is 5.32 Å². The van der Waals surface area contributed by atoms with Crippen molar-refractivity contribution in [1.29, 1.82) is 0 Å². The Morgan fingerprint density at radius 3 is 2.63 bits per heavy atom. The minimum Gasteiger partial charge on any atom is -0.347 e. The van der Waals surface area contributed by atoms with Gasteiger partial charge in [-0.25, -0.2) is 4.98 Å². The van der Waals surface area contributed by atoms with Crippen LogP contribution in [0.15, 0.2) is 67.3 Å². The third-order valence-corrected chi connectivity index (χ3v) is 5.24. The third-order valence-electron chi connectivity index (χ3n) is 4.93. The maximum Gasteiger partial charge on any atom is 0.251 e. The molecule has 1 N–H and O–H groups in total. The number of amides is 1. The van der Waals surface area contributed by atoms with Gasteiger partial charge in [-0.15, -0.1) is 0 Å². The zero-order chi connectivity index (χ0) is 19.2. The van der Waals surface area contributed by atoms with Gasteiger partial charge in [0, 0.05) is 41.1 Å². The van der Waals surface area contributed by atoms with Crippen molar-refractivity contribution in [2.45, 2.75) is 32.9 Å². The van der Waals surface area contributed by atoms with Crippen LogP contribution in [0.1, 0.15) is 30.6 Å². The fourth-order valence-electron chi connectivity index (χ4n) is 3.03. The topological polar surface area (TPSA) is 46.9 Å². The summed E-state index contributed by atoms with van der Waals surface area (Å²) in [5.74, 6) is 0.234. The normalized spacial score (nSPS) is 13.1. The van der Waals surface area contributed by atoms with Crippen LogP contribution >= 0.6 is 11.6 Å². The Labute approximate surface area is 165 Å². The van der Waals surface area contributed by atoms with E-state index in [9.17, 15) is 4.79 Å². The highest BCUT2D eigenvalue weighted by Crippen LogP contribution is 2.28. The van der Waals surface area contributed by atoms with Crippen LogP contribution in [-0.2, 0) is 6.54 Å². The van der Waals surface area contributed by atoms with Gasteiger partial charge in [0.25, 0.3) is 5.91 Å². The van der Waals surface area contributed by atoms with Crippen LogP contribution in [0.4, 0.5) is 0 Å². The molecule has 0 aliphatic rings. The Hall–Kier alpha value is -2.59. The highest BCUT2D eigenvalue weighted by atomic mass is 35.5. The van der Waals surface area contributed by atoms with E-state index in [1.54, 1.807) is 18.6 Å². The predicted octanol–water partition coefficient (Wildman–Crippen LogP) is 5.05. The summed E-state index contributed by atoms with van der Waals surface area (Å²) in [6, 6.07) is 15.4. The number of nitrogens with zero attached hydrogens (tertiary/aromatic N) is 2. The summed E-state index contributed by atoms with van der Waals surface area (Å²) < 4.78 is 1.99. The van der Waals surface area contributed by atoms with E-state index >= 15 is 0 Å². The summed E-state index contributed by atoms with van der Waals surface area (Å²) in [4.78, 5) is 16.9. The first kappa shape index (κ1) is 19.2. The molecule has 0 radical (unpaired) electrons. The molecule has 1 aromatic heterocycles. The number of hydrogen-bond donors (Lipinski definition) is 1. The van der Waals surface area contributed by atoms with Crippen LogP contribution in [0.3, 0.4) is 0 Å². The van der Waals surface area contributed by atoms with Crippen LogP contribution in [0.5, 0.6) is 0 Å². The maximum atomic E-state index is 12.8. The lowest BCUT2D eigenvalue weighted by molar-refractivity contribution is 0.0917. The van der Waals surface area contributed by atoms with Crippen molar-refractivity contribution in [2.24, 2.45) is 5.92 Å². The van der Waals surface area contributed by atoms with Crippen molar-refractivity contribution in [1.82, 2.24) is 14.9 Å². The molecule has 4 nitrogen and oxygen atoms in total. The largest absolute Gasteiger partial charge is 0.347 e. The molecular weight excluding hydrogens is 358 g/mol. The lowest BCUT2D eigenvalue weighted by atomic mass is 9.98. The van der Waals surface area contributed by atoms with Crippen LogP contribution in [0, 0.1) is 5.92 Å². The Balaban J connectivity index is 1.76. The van der Waals surface area contributed by atoms with E-state index in [1.165, 1.54) is 0 Å². The molecule has 1 amide bonds. The fourth-order valence-corrected chi connectivity index (χ4v) is 3.32. The molecule has 3 aromatic rings. The van der Waals surface area contributed by atoms with Gasteiger partial charge < -0.3 is 9.88 Å². The smallest absolute Gasteiger partial charge is 0.251 e. The number of imidazole rings is 1. The highest BCUT2D eigenvalue weighted by Gasteiger charge is 2.20. The molecule has 0 aliphatic carbocycles. The molecule has 0 unspecified atom stereocenters. The second-order valence-electron chi connectivity index (χ2n) is 6.79. The summed E-state index contributed by atoms with van der Waals surface area (Å²) >= 11 is 6.46. The Morgan fingerprint density at radius 1 is 1.22 bits per heavy atom. The monoisotopic (exact) mass is 381 g/mol. The summed E-state index contributed by atoms with van der Waals surface area (Å²) in [5, 5.41) is 3.74. The van der Waals surface area contributed by atoms with Crippen molar-refractivity contribution in [3.63, 3.8) is 0 Å². The minimum atomic E-state index is -0.109. The Morgan fingerprint density at radius 2 is 2.00 bits per heavy atom. The molecular formula is C22H24ClN3O. The molecule has 27 heavy (non-hydrogen) atoms. The van der Waals surface area contributed by atoms with E-state index in [4.69, 9.17) is 11.6 Å². The van der Waals surface area contributed by atoms with Crippen LogP contribution in [0.2, 0.25) is 5.02 Å².